The van der Waals surface area contributed by atoms with E-state index in [0.29, 0.717) is 33.9 Å². The van der Waals surface area contributed by atoms with Crippen LogP contribution in [0.25, 0.3) is 5.57 Å². The number of rotatable bonds is 7. The molecule has 0 bridgehead atoms. The smallest absolute Gasteiger partial charge is 0.293 e. The molecule has 1 saturated heterocycles. The molecular formula is C28H29N3O3. The van der Waals surface area contributed by atoms with Gasteiger partial charge < -0.3 is 10.2 Å². The number of nitrogens with zero attached hydrogens (tertiary/aromatic N) is 2. The summed E-state index contributed by atoms with van der Waals surface area (Å²) >= 11 is 0. The van der Waals surface area contributed by atoms with Crippen molar-refractivity contribution in [2.75, 3.05) is 25.0 Å². The SMILES string of the molecule is C=C(c1ccc(N2CCC(Cc3ccccc3)CC2)c([N+](=O)[O-])c1)c1ccccc1C(=O)NC. The first kappa shape index (κ1) is 23.2. The molecule has 1 fully saturated rings. The summed E-state index contributed by atoms with van der Waals surface area (Å²) in [4.78, 5) is 26.1. The van der Waals surface area contributed by atoms with Gasteiger partial charge in [0.2, 0.25) is 0 Å². The van der Waals surface area contributed by atoms with Gasteiger partial charge >= 0.3 is 0 Å². The predicted molar refractivity (Wildman–Crippen MR) is 136 cm³/mol. The highest BCUT2D eigenvalue weighted by molar-refractivity contribution is 6.00. The Labute approximate surface area is 200 Å². The van der Waals surface area contributed by atoms with Crippen LogP contribution in [0.2, 0.25) is 0 Å². The fourth-order valence-electron chi connectivity index (χ4n) is 4.68. The zero-order chi connectivity index (χ0) is 24.1. The van der Waals surface area contributed by atoms with E-state index >= 15 is 0 Å². The molecule has 1 N–H and O–H groups in total. The maximum atomic E-state index is 12.3. The summed E-state index contributed by atoms with van der Waals surface area (Å²) < 4.78 is 0. The molecule has 3 aromatic carbocycles. The lowest BCUT2D eigenvalue weighted by Crippen LogP contribution is -2.34. The fourth-order valence-corrected chi connectivity index (χ4v) is 4.68. The minimum atomic E-state index is -0.327. The predicted octanol–water partition coefficient (Wildman–Crippen LogP) is 5.48. The van der Waals surface area contributed by atoms with Crippen molar-refractivity contribution < 1.29 is 9.72 Å². The van der Waals surface area contributed by atoms with Crippen LogP contribution in [0.1, 0.15) is 39.9 Å². The van der Waals surface area contributed by atoms with Gasteiger partial charge in [-0.05, 0) is 59.6 Å². The average Bonchev–Trinajstić information content (AvgIpc) is 2.88. The van der Waals surface area contributed by atoms with E-state index in [0.717, 1.165) is 32.4 Å². The van der Waals surface area contributed by atoms with Crippen molar-refractivity contribution in [3.63, 3.8) is 0 Å². The lowest BCUT2D eigenvalue weighted by molar-refractivity contribution is -0.384. The van der Waals surface area contributed by atoms with Crippen LogP contribution in [0.15, 0.2) is 79.4 Å². The number of nitrogens with one attached hydrogen (secondary N) is 1. The van der Waals surface area contributed by atoms with Crippen molar-refractivity contribution in [3.8, 4) is 0 Å². The molecule has 34 heavy (non-hydrogen) atoms. The monoisotopic (exact) mass is 455 g/mol. The number of nitro groups is 1. The Morgan fingerprint density at radius 2 is 1.68 bits per heavy atom. The molecule has 0 unspecified atom stereocenters. The van der Waals surface area contributed by atoms with Crippen LogP contribution in [0.5, 0.6) is 0 Å². The first-order chi connectivity index (χ1) is 16.5. The third-order valence-electron chi connectivity index (χ3n) is 6.57. The molecule has 0 saturated carbocycles. The van der Waals surface area contributed by atoms with Crippen LogP contribution in [-0.4, -0.2) is 31.0 Å². The number of carbonyl (C=O) groups excluding carboxylic acids is 1. The lowest BCUT2D eigenvalue weighted by atomic mass is 9.89. The van der Waals surface area contributed by atoms with Gasteiger partial charge in [0.1, 0.15) is 5.69 Å². The van der Waals surface area contributed by atoms with Gasteiger partial charge in [-0.25, -0.2) is 0 Å². The number of hydrogen-bond donors (Lipinski definition) is 1. The van der Waals surface area contributed by atoms with E-state index in [2.05, 4.69) is 41.1 Å². The van der Waals surface area contributed by atoms with Gasteiger partial charge in [0, 0.05) is 31.8 Å². The number of piperidine rings is 1. The van der Waals surface area contributed by atoms with E-state index in [1.54, 1.807) is 25.2 Å². The number of benzene rings is 3. The molecule has 0 spiro atoms. The summed E-state index contributed by atoms with van der Waals surface area (Å²) in [5.74, 6) is 0.360. The third kappa shape index (κ3) is 5.01. The largest absolute Gasteiger partial charge is 0.366 e. The standard InChI is InChI=1S/C28H29N3O3/c1-20(24-10-6-7-11-25(24)28(32)29-2)23-12-13-26(27(19-23)31(33)34)30-16-14-22(15-17-30)18-21-8-4-3-5-9-21/h3-13,19,22H,1,14-18H2,2H3,(H,29,32). The van der Waals surface area contributed by atoms with E-state index in [1.807, 2.05) is 30.3 Å². The van der Waals surface area contributed by atoms with Crippen LogP contribution >= 0.6 is 0 Å². The summed E-state index contributed by atoms with van der Waals surface area (Å²) in [5.41, 5.74) is 4.40. The zero-order valence-electron chi connectivity index (χ0n) is 19.4. The molecule has 6 heteroatoms. The lowest BCUT2D eigenvalue weighted by Gasteiger charge is -2.33. The van der Waals surface area contributed by atoms with Crippen molar-refractivity contribution in [1.82, 2.24) is 5.32 Å². The van der Waals surface area contributed by atoms with Crippen LogP contribution in [0.4, 0.5) is 11.4 Å². The van der Waals surface area contributed by atoms with Gasteiger partial charge in [-0.3, -0.25) is 14.9 Å². The summed E-state index contributed by atoms with van der Waals surface area (Å²) in [6, 6.07) is 22.9. The van der Waals surface area contributed by atoms with Gasteiger partial charge in [-0.1, -0.05) is 61.2 Å². The summed E-state index contributed by atoms with van der Waals surface area (Å²) in [5, 5.41) is 14.6. The quantitative estimate of drug-likeness (QED) is 0.378. The van der Waals surface area contributed by atoms with Gasteiger partial charge in [-0.2, -0.15) is 0 Å². The molecule has 0 radical (unpaired) electrons. The maximum absolute atomic E-state index is 12.3. The first-order valence-electron chi connectivity index (χ1n) is 11.6. The van der Waals surface area contributed by atoms with E-state index in [1.165, 1.54) is 5.56 Å². The highest BCUT2D eigenvalue weighted by atomic mass is 16.6. The summed E-state index contributed by atoms with van der Waals surface area (Å²) in [6.45, 7) is 5.73. The summed E-state index contributed by atoms with van der Waals surface area (Å²) in [7, 11) is 1.57. The minimum absolute atomic E-state index is 0.0672. The number of amides is 1. The molecule has 0 aliphatic carbocycles. The molecular weight excluding hydrogens is 426 g/mol. The molecule has 6 nitrogen and oxygen atoms in total. The Morgan fingerprint density at radius 3 is 2.32 bits per heavy atom. The second kappa shape index (κ2) is 10.3. The molecule has 1 amide bonds. The molecule has 174 valence electrons. The van der Waals surface area contributed by atoms with Crippen LogP contribution in [0.3, 0.4) is 0 Å². The molecule has 1 aliphatic rings. The second-order valence-electron chi connectivity index (χ2n) is 8.68. The van der Waals surface area contributed by atoms with Gasteiger partial charge in [0.25, 0.3) is 11.6 Å². The van der Waals surface area contributed by atoms with Crippen molar-refractivity contribution in [2.24, 2.45) is 5.92 Å². The Bertz CT molecular complexity index is 1200. The van der Waals surface area contributed by atoms with E-state index < -0.39 is 0 Å². The zero-order valence-corrected chi connectivity index (χ0v) is 19.4. The molecule has 4 rings (SSSR count). The molecule has 0 aromatic heterocycles. The van der Waals surface area contributed by atoms with Gasteiger partial charge in [0.15, 0.2) is 0 Å². The van der Waals surface area contributed by atoms with Crippen LogP contribution in [0, 0.1) is 16.0 Å². The Kier molecular flexibility index (Phi) is 7.07. The maximum Gasteiger partial charge on any atom is 0.293 e. The fraction of sp³-hybridized carbons (Fsp3) is 0.250. The van der Waals surface area contributed by atoms with E-state index in [4.69, 9.17) is 0 Å². The Hall–Kier alpha value is -3.93. The van der Waals surface area contributed by atoms with E-state index in [9.17, 15) is 14.9 Å². The molecule has 0 atom stereocenters. The van der Waals surface area contributed by atoms with Crippen molar-refractivity contribution >= 4 is 22.9 Å². The highest BCUT2D eigenvalue weighted by Crippen LogP contribution is 2.36. The van der Waals surface area contributed by atoms with Crippen molar-refractivity contribution in [1.29, 1.82) is 0 Å². The Balaban J connectivity index is 1.53. The van der Waals surface area contributed by atoms with Gasteiger partial charge in [0.05, 0.1) is 4.92 Å². The molecule has 1 heterocycles. The third-order valence-corrected chi connectivity index (χ3v) is 6.57. The van der Waals surface area contributed by atoms with Crippen molar-refractivity contribution in [3.05, 3.63) is 112 Å². The number of carbonyl (C=O) groups is 1. The normalized spacial score (nSPS) is 14.0. The van der Waals surface area contributed by atoms with Crippen LogP contribution in [-0.2, 0) is 6.42 Å². The number of anilines is 1. The first-order valence-corrected chi connectivity index (χ1v) is 11.6. The molecule has 1 aliphatic heterocycles. The minimum Gasteiger partial charge on any atom is -0.366 e. The van der Waals surface area contributed by atoms with Crippen LogP contribution < -0.4 is 10.2 Å². The average molecular weight is 456 g/mol. The number of nitro benzene ring substituents is 1. The van der Waals surface area contributed by atoms with Crippen molar-refractivity contribution in [2.45, 2.75) is 19.3 Å². The number of hydrogen-bond acceptors (Lipinski definition) is 4. The van der Waals surface area contributed by atoms with Gasteiger partial charge in [-0.15, -0.1) is 0 Å². The Morgan fingerprint density at radius 1 is 1.03 bits per heavy atom. The second-order valence-corrected chi connectivity index (χ2v) is 8.68. The summed E-state index contributed by atoms with van der Waals surface area (Å²) in [6.07, 6.45) is 3.04. The molecule has 3 aromatic rings. The topological polar surface area (TPSA) is 75.5 Å². The van der Waals surface area contributed by atoms with E-state index in [-0.39, 0.29) is 16.5 Å². The highest BCUT2D eigenvalue weighted by Gasteiger charge is 2.26.